The molecule has 1 atom stereocenters. The summed E-state index contributed by atoms with van der Waals surface area (Å²) in [7, 11) is 0. The van der Waals surface area contributed by atoms with Gasteiger partial charge in [-0.2, -0.15) is 0 Å². The second kappa shape index (κ2) is 8.99. The Morgan fingerprint density at radius 1 is 1.14 bits per heavy atom. The van der Waals surface area contributed by atoms with Gasteiger partial charge in [0.15, 0.2) is 0 Å². The number of nitrogens with one attached hydrogen (secondary N) is 2. The van der Waals surface area contributed by atoms with Gasteiger partial charge >= 0.3 is 0 Å². The summed E-state index contributed by atoms with van der Waals surface area (Å²) in [5.41, 5.74) is 2.94. The third-order valence-corrected chi connectivity index (χ3v) is 4.62. The van der Waals surface area contributed by atoms with Gasteiger partial charge in [0.2, 0.25) is 11.8 Å². The Morgan fingerprint density at radius 3 is 2.57 bits per heavy atom. The highest BCUT2D eigenvalue weighted by molar-refractivity contribution is 5.77. The van der Waals surface area contributed by atoms with E-state index in [-0.39, 0.29) is 17.7 Å². The Kier molecular flexibility index (Phi) is 6.22. The predicted octanol–water partition coefficient (Wildman–Crippen LogP) is 2.66. The maximum atomic E-state index is 12.6. The van der Waals surface area contributed by atoms with E-state index in [1.165, 1.54) is 0 Å². The minimum absolute atomic E-state index is 0.0406. The molecule has 28 heavy (non-hydrogen) atoms. The number of aryl methyl sites for hydroxylation is 1. The van der Waals surface area contributed by atoms with Gasteiger partial charge in [-0.3, -0.25) is 9.59 Å². The van der Waals surface area contributed by atoms with E-state index >= 15 is 0 Å². The standard InChI is InChI=1S/C22H23N3O3/c1-15-7-5-6-10-17(15)18(16-8-3-2-4-9-16)13-20(26)23-12-11-19-24-21(27)14-22(28)25-19/h2-10,14,18H,11-13H2,1H3,(H,23,26)(H2,24,25,27,28)/t18-/m0/s1. The maximum Gasteiger partial charge on any atom is 0.254 e. The van der Waals surface area contributed by atoms with Crippen molar-refractivity contribution in [1.82, 2.24) is 15.3 Å². The predicted molar refractivity (Wildman–Crippen MR) is 107 cm³/mol. The lowest BCUT2D eigenvalue weighted by atomic mass is 9.86. The molecular weight excluding hydrogens is 354 g/mol. The molecule has 2 aromatic carbocycles. The molecule has 0 radical (unpaired) electrons. The van der Waals surface area contributed by atoms with E-state index in [0.29, 0.717) is 25.2 Å². The highest BCUT2D eigenvalue weighted by atomic mass is 16.3. The monoisotopic (exact) mass is 377 g/mol. The van der Waals surface area contributed by atoms with Gasteiger partial charge in [0, 0.05) is 25.3 Å². The van der Waals surface area contributed by atoms with Crippen LogP contribution in [0.4, 0.5) is 0 Å². The van der Waals surface area contributed by atoms with Crippen LogP contribution in [0, 0.1) is 6.92 Å². The summed E-state index contributed by atoms with van der Waals surface area (Å²) in [6.45, 7) is 2.37. The lowest BCUT2D eigenvalue weighted by Crippen LogP contribution is -2.28. The molecule has 0 aliphatic heterocycles. The van der Waals surface area contributed by atoms with Gasteiger partial charge in [0.1, 0.15) is 5.82 Å². The van der Waals surface area contributed by atoms with Crippen molar-refractivity contribution in [2.45, 2.75) is 25.7 Å². The number of hydrogen-bond donors (Lipinski definition) is 3. The smallest absolute Gasteiger partial charge is 0.254 e. The SMILES string of the molecule is Cc1ccccc1[C@@H](CC(=O)NCCc1nc(O)cc(=O)[nH]1)c1ccccc1. The minimum atomic E-state index is -0.419. The van der Waals surface area contributed by atoms with Crippen LogP contribution in [0.15, 0.2) is 65.5 Å². The van der Waals surface area contributed by atoms with Gasteiger partial charge in [-0.05, 0) is 23.6 Å². The van der Waals surface area contributed by atoms with Gasteiger partial charge in [-0.1, -0.05) is 54.6 Å². The number of carbonyl (C=O) groups is 1. The van der Waals surface area contributed by atoms with E-state index in [9.17, 15) is 14.7 Å². The molecule has 144 valence electrons. The molecule has 0 fully saturated rings. The molecule has 0 aliphatic rings. The van der Waals surface area contributed by atoms with Crippen LogP contribution >= 0.6 is 0 Å². The Labute approximate surface area is 163 Å². The number of hydrogen-bond acceptors (Lipinski definition) is 4. The highest BCUT2D eigenvalue weighted by Gasteiger charge is 2.19. The normalized spacial score (nSPS) is 11.8. The number of rotatable bonds is 7. The van der Waals surface area contributed by atoms with Crippen molar-refractivity contribution >= 4 is 5.91 Å². The number of nitrogens with zero attached hydrogens (tertiary/aromatic N) is 1. The Balaban J connectivity index is 1.68. The van der Waals surface area contributed by atoms with E-state index in [2.05, 4.69) is 21.4 Å². The molecule has 0 spiro atoms. The van der Waals surface area contributed by atoms with E-state index in [1.807, 2.05) is 55.5 Å². The van der Waals surface area contributed by atoms with Gasteiger partial charge in [0.25, 0.3) is 5.56 Å². The van der Waals surface area contributed by atoms with Gasteiger partial charge in [0.05, 0.1) is 6.07 Å². The Bertz CT molecular complexity index is 999. The van der Waals surface area contributed by atoms with Crippen molar-refractivity contribution in [1.29, 1.82) is 0 Å². The fourth-order valence-corrected chi connectivity index (χ4v) is 3.26. The number of aromatic hydroxyl groups is 1. The summed E-state index contributed by atoms with van der Waals surface area (Å²) in [5.74, 6) is -0.113. The number of H-pyrrole nitrogens is 1. The summed E-state index contributed by atoms with van der Waals surface area (Å²) in [4.78, 5) is 30.3. The number of aromatic nitrogens is 2. The lowest BCUT2D eigenvalue weighted by Gasteiger charge is -2.20. The molecule has 0 saturated heterocycles. The molecule has 0 unspecified atom stereocenters. The average molecular weight is 377 g/mol. The van der Waals surface area contributed by atoms with Crippen LogP contribution in [0.2, 0.25) is 0 Å². The average Bonchev–Trinajstić information content (AvgIpc) is 2.67. The first-order valence-electron chi connectivity index (χ1n) is 9.19. The zero-order chi connectivity index (χ0) is 19.9. The Morgan fingerprint density at radius 2 is 1.86 bits per heavy atom. The number of carbonyl (C=O) groups excluding carboxylic acids is 1. The second-order valence-electron chi connectivity index (χ2n) is 6.67. The first kappa shape index (κ1) is 19.4. The van der Waals surface area contributed by atoms with Crippen LogP contribution in [0.25, 0.3) is 0 Å². The quantitative estimate of drug-likeness (QED) is 0.590. The largest absolute Gasteiger partial charge is 0.493 e. The zero-order valence-electron chi connectivity index (χ0n) is 15.7. The zero-order valence-corrected chi connectivity index (χ0v) is 15.7. The molecular formula is C22H23N3O3. The third-order valence-electron chi connectivity index (χ3n) is 4.62. The van der Waals surface area contributed by atoms with E-state index in [4.69, 9.17) is 0 Å². The fourth-order valence-electron chi connectivity index (χ4n) is 3.26. The first-order valence-corrected chi connectivity index (χ1v) is 9.19. The molecule has 0 aliphatic carbocycles. The van der Waals surface area contributed by atoms with Gasteiger partial charge in [-0.25, -0.2) is 4.98 Å². The molecule has 3 N–H and O–H groups in total. The van der Waals surface area contributed by atoms with Crippen LogP contribution in [-0.2, 0) is 11.2 Å². The molecule has 6 nitrogen and oxygen atoms in total. The summed E-state index contributed by atoms with van der Waals surface area (Å²) >= 11 is 0. The van der Waals surface area contributed by atoms with Crippen LogP contribution < -0.4 is 10.9 Å². The molecule has 1 heterocycles. The Hall–Kier alpha value is -3.41. The molecule has 6 heteroatoms. The third kappa shape index (κ3) is 5.07. The van der Waals surface area contributed by atoms with Crippen LogP contribution in [0.3, 0.4) is 0 Å². The summed E-state index contributed by atoms with van der Waals surface area (Å²) in [6, 6.07) is 19.1. The topological polar surface area (TPSA) is 95.1 Å². The van der Waals surface area contributed by atoms with Gasteiger partial charge < -0.3 is 15.4 Å². The van der Waals surface area contributed by atoms with Crippen LogP contribution in [0.5, 0.6) is 5.88 Å². The summed E-state index contributed by atoms with van der Waals surface area (Å²) < 4.78 is 0. The van der Waals surface area contributed by atoms with Gasteiger partial charge in [-0.15, -0.1) is 0 Å². The molecule has 1 aromatic heterocycles. The first-order chi connectivity index (χ1) is 13.5. The number of aromatic amines is 1. The van der Waals surface area contributed by atoms with Crippen molar-refractivity contribution in [2.75, 3.05) is 6.54 Å². The van der Waals surface area contributed by atoms with Crippen molar-refractivity contribution in [3.05, 3.63) is 93.5 Å². The molecule has 3 aromatic rings. The minimum Gasteiger partial charge on any atom is -0.493 e. The fraction of sp³-hybridized carbons (Fsp3) is 0.227. The highest BCUT2D eigenvalue weighted by Crippen LogP contribution is 2.30. The number of amides is 1. The van der Waals surface area contributed by atoms with E-state index in [1.54, 1.807) is 0 Å². The van der Waals surface area contributed by atoms with Crippen molar-refractivity contribution in [3.8, 4) is 5.88 Å². The van der Waals surface area contributed by atoms with Crippen molar-refractivity contribution < 1.29 is 9.90 Å². The maximum absolute atomic E-state index is 12.6. The molecule has 1 amide bonds. The van der Waals surface area contributed by atoms with E-state index in [0.717, 1.165) is 22.8 Å². The second-order valence-corrected chi connectivity index (χ2v) is 6.67. The van der Waals surface area contributed by atoms with Crippen molar-refractivity contribution in [2.24, 2.45) is 0 Å². The molecule has 3 rings (SSSR count). The van der Waals surface area contributed by atoms with Crippen LogP contribution in [-0.4, -0.2) is 27.5 Å². The molecule has 0 saturated carbocycles. The summed E-state index contributed by atoms with van der Waals surface area (Å²) in [6.07, 6.45) is 0.647. The summed E-state index contributed by atoms with van der Waals surface area (Å²) in [5, 5.41) is 12.3. The number of benzene rings is 2. The van der Waals surface area contributed by atoms with E-state index < -0.39 is 5.56 Å². The van der Waals surface area contributed by atoms with Crippen molar-refractivity contribution in [3.63, 3.8) is 0 Å². The molecule has 0 bridgehead atoms. The lowest BCUT2D eigenvalue weighted by molar-refractivity contribution is -0.121. The van der Waals surface area contributed by atoms with Crippen LogP contribution in [0.1, 0.15) is 34.9 Å².